The van der Waals surface area contributed by atoms with E-state index in [0.29, 0.717) is 24.0 Å². The number of amides is 2. The molecular formula is C15H17N5O3. The number of hydrogen-bond donors (Lipinski definition) is 5. The van der Waals surface area contributed by atoms with Crippen molar-refractivity contribution in [3.8, 4) is 0 Å². The van der Waals surface area contributed by atoms with E-state index in [1.54, 1.807) is 24.3 Å². The van der Waals surface area contributed by atoms with Gasteiger partial charge in [0.15, 0.2) is 0 Å². The maximum Gasteiger partial charge on any atom is 0.257 e. The minimum atomic E-state index is -0.574. The summed E-state index contributed by atoms with van der Waals surface area (Å²) in [7, 11) is 0. The molecule has 2 aromatic rings. The minimum absolute atomic E-state index is 0.0107. The second-order valence-electron chi connectivity index (χ2n) is 5.29. The molecule has 2 heterocycles. The summed E-state index contributed by atoms with van der Waals surface area (Å²) in [5.74, 6) is -0.874. The van der Waals surface area contributed by atoms with E-state index in [-0.39, 0.29) is 29.5 Å². The first kappa shape index (κ1) is 15.2. The van der Waals surface area contributed by atoms with Gasteiger partial charge in [-0.05, 0) is 12.1 Å². The van der Waals surface area contributed by atoms with E-state index >= 15 is 0 Å². The Labute approximate surface area is 131 Å². The van der Waals surface area contributed by atoms with Crippen LogP contribution in [0.15, 0.2) is 35.3 Å². The van der Waals surface area contributed by atoms with Crippen LogP contribution >= 0.6 is 0 Å². The molecule has 1 aliphatic rings. The summed E-state index contributed by atoms with van der Waals surface area (Å²) >= 11 is 0. The van der Waals surface area contributed by atoms with Crippen LogP contribution in [-0.2, 0) is 4.79 Å². The van der Waals surface area contributed by atoms with Crippen LogP contribution in [0, 0.1) is 0 Å². The van der Waals surface area contributed by atoms with Crippen molar-refractivity contribution in [2.75, 3.05) is 19.6 Å². The highest BCUT2D eigenvalue weighted by molar-refractivity contribution is 5.98. The predicted octanol–water partition coefficient (Wildman–Crippen LogP) is -1.15. The highest BCUT2D eigenvalue weighted by atomic mass is 16.2. The number of hydrazine groups is 1. The van der Waals surface area contributed by atoms with E-state index in [9.17, 15) is 14.4 Å². The van der Waals surface area contributed by atoms with Gasteiger partial charge in [-0.2, -0.15) is 0 Å². The molecule has 5 N–H and O–H groups in total. The maximum atomic E-state index is 12.3. The van der Waals surface area contributed by atoms with Crippen LogP contribution < -0.4 is 26.9 Å². The Morgan fingerprint density at radius 3 is 2.70 bits per heavy atom. The van der Waals surface area contributed by atoms with Gasteiger partial charge in [-0.25, -0.2) is 0 Å². The van der Waals surface area contributed by atoms with Crippen molar-refractivity contribution in [1.82, 2.24) is 26.5 Å². The first-order valence-corrected chi connectivity index (χ1v) is 7.29. The topological polar surface area (TPSA) is 115 Å². The molecule has 0 unspecified atom stereocenters. The maximum absolute atomic E-state index is 12.3. The minimum Gasteiger partial charge on any atom is -0.360 e. The van der Waals surface area contributed by atoms with Crippen LogP contribution in [0.1, 0.15) is 10.4 Å². The molecule has 1 aromatic heterocycles. The largest absolute Gasteiger partial charge is 0.360 e. The Morgan fingerprint density at radius 2 is 1.91 bits per heavy atom. The van der Waals surface area contributed by atoms with Gasteiger partial charge in [0.25, 0.3) is 5.91 Å². The van der Waals surface area contributed by atoms with Gasteiger partial charge in [-0.3, -0.25) is 25.2 Å². The van der Waals surface area contributed by atoms with E-state index < -0.39 is 5.91 Å². The van der Waals surface area contributed by atoms with E-state index in [1.807, 2.05) is 0 Å². The fourth-order valence-corrected chi connectivity index (χ4v) is 2.44. The lowest BCUT2D eigenvalue weighted by atomic mass is 10.1. The second-order valence-corrected chi connectivity index (χ2v) is 5.29. The van der Waals surface area contributed by atoms with E-state index in [2.05, 4.69) is 26.5 Å². The first-order valence-electron chi connectivity index (χ1n) is 7.29. The zero-order chi connectivity index (χ0) is 16.2. The molecule has 1 aliphatic heterocycles. The molecular weight excluding hydrogens is 298 g/mol. The normalized spacial score (nSPS) is 14.8. The van der Waals surface area contributed by atoms with Crippen LogP contribution in [0.5, 0.6) is 0 Å². The zero-order valence-corrected chi connectivity index (χ0v) is 12.3. The number of rotatable bonds is 4. The van der Waals surface area contributed by atoms with Crippen LogP contribution in [0.25, 0.3) is 10.9 Å². The molecule has 2 amide bonds. The molecule has 0 spiro atoms. The van der Waals surface area contributed by atoms with Gasteiger partial charge in [0.2, 0.25) is 11.3 Å². The lowest BCUT2D eigenvalue weighted by Gasteiger charge is -2.11. The number of aromatic nitrogens is 1. The number of benzene rings is 1. The van der Waals surface area contributed by atoms with Crippen molar-refractivity contribution < 1.29 is 9.59 Å². The summed E-state index contributed by atoms with van der Waals surface area (Å²) in [6.45, 7) is 1.08. The first-order chi connectivity index (χ1) is 11.1. The molecule has 8 heteroatoms. The average Bonchev–Trinajstić information content (AvgIpc) is 3.06. The lowest BCUT2D eigenvalue weighted by Crippen LogP contribution is -2.44. The van der Waals surface area contributed by atoms with Crippen molar-refractivity contribution in [3.63, 3.8) is 0 Å². The lowest BCUT2D eigenvalue weighted by molar-refractivity contribution is -0.120. The van der Waals surface area contributed by atoms with Crippen molar-refractivity contribution in [2.24, 2.45) is 0 Å². The molecule has 0 bridgehead atoms. The van der Waals surface area contributed by atoms with E-state index in [1.165, 1.54) is 6.20 Å². The van der Waals surface area contributed by atoms with Crippen molar-refractivity contribution in [3.05, 3.63) is 46.2 Å². The van der Waals surface area contributed by atoms with Crippen molar-refractivity contribution >= 4 is 22.7 Å². The third-order valence-electron chi connectivity index (χ3n) is 3.63. The summed E-state index contributed by atoms with van der Waals surface area (Å²) in [4.78, 5) is 39.1. The standard InChI is InChI=1S/C15H17N5O3/c21-13(20-9-5-18-19-6-9)8-17-15(23)11-7-16-12-4-2-1-3-10(12)14(11)22/h1-4,7,9,18-19H,5-6,8H2,(H,16,22)(H,17,23)(H,20,21). The van der Waals surface area contributed by atoms with Crippen molar-refractivity contribution in [1.29, 1.82) is 0 Å². The number of nitrogens with one attached hydrogen (secondary N) is 5. The summed E-state index contributed by atoms with van der Waals surface area (Å²) < 4.78 is 0. The number of fused-ring (bicyclic) bond motifs is 1. The number of aromatic amines is 1. The summed E-state index contributed by atoms with van der Waals surface area (Å²) in [6.07, 6.45) is 1.36. The molecule has 1 saturated heterocycles. The summed E-state index contributed by atoms with van der Waals surface area (Å²) in [5, 5.41) is 5.67. The fourth-order valence-electron chi connectivity index (χ4n) is 2.44. The van der Waals surface area contributed by atoms with Gasteiger partial charge in [0.05, 0.1) is 12.6 Å². The second kappa shape index (κ2) is 6.59. The van der Waals surface area contributed by atoms with Gasteiger partial charge >= 0.3 is 0 Å². The number of carbonyl (C=O) groups is 2. The molecule has 1 aromatic carbocycles. The Balaban J connectivity index is 1.65. The monoisotopic (exact) mass is 315 g/mol. The third-order valence-corrected chi connectivity index (χ3v) is 3.63. The van der Waals surface area contributed by atoms with Crippen molar-refractivity contribution in [2.45, 2.75) is 6.04 Å². The Hall–Kier alpha value is -2.71. The predicted molar refractivity (Wildman–Crippen MR) is 84.8 cm³/mol. The van der Waals surface area contributed by atoms with E-state index in [4.69, 9.17) is 0 Å². The van der Waals surface area contributed by atoms with Gasteiger partial charge in [0, 0.05) is 30.2 Å². The third kappa shape index (κ3) is 3.38. The highest BCUT2D eigenvalue weighted by Crippen LogP contribution is 2.06. The quantitative estimate of drug-likeness (QED) is 0.489. The molecule has 23 heavy (non-hydrogen) atoms. The van der Waals surface area contributed by atoms with Crippen LogP contribution in [0.2, 0.25) is 0 Å². The number of hydrogen-bond acceptors (Lipinski definition) is 5. The summed E-state index contributed by atoms with van der Waals surface area (Å²) in [5.41, 5.74) is 6.08. The molecule has 3 rings (SSSR count). The van der Waals surface area contributed by atoms with Crippen LogP contribution in [0.4, 0.5) is 0 Å². The molecule has 0 atom stereocenters. The molecule has 0 saturated carbocycles. The van der Waals surface area contributed by atoms with Gasteiger partial charge in [0.1, 0.15) is 5.56 Å². The summed E-state index contributed by atoms with van der Waals surface area (Å²) in [6, 6.07) is 6.93. The molecule has 0 radical (unpaired) electrons. The Morgan fingerprint density at radius 1 is 1.17 bits per heavy atom. The number of pyridine rings is 1. The average molecular weight is 315 g/mol. The highest BCUT2D eigenvalue weighted by Gasteiger charge is 2.18. The van der Waals surface area contributed by atoms with Gasteiger partial charge in [-0.1, -0.05) is 12.1 Å². The molecule has 8 nitrogen and oxygen atoms in total. The van der Waals surface area contributed by atoms with Gasteiger partial charge in [-0.15, -0.1) is 0 Å². The zero-order valence-electron chi connectivity index (χ0n) is 12.3. The van der Waals surface area contributed by atoms with Crippen LogP contribution in [-0.4, -0.2) is 42.5 Å². The Kier molecular flexibility index (Phi) is 4.35. The Bertz CT molecular complexity index is 795. The SMILES string of the molecule is O=C(CNC(=O)c1c[nH]c2ccccc2c1=O)NC1CNNC1. The molecule has 1 fully saturated rings. The fraction of sp³-hybridized carbons (Fsp3) is 0.267. The number of carbonyl (C=O) groups excluding carboxylic acids is 2. The van der Waals surface area contributed by atoms with Gasteiger partial charge < -0.3 is 15.6 Å². The van der Waals surface area contributed by atoms with Crippen LogP contribution in [0.3, 0.4) is 0 Å². The number of para-hydroxylation sites is 1. The van der Waals surface area contributed by atoms with E-state index in [0.717, 1.165) is 0 Å². The molecule has 120 valence electrons. The molecule has 0 aliphatic carbocycles. The number of H-pyrrole nitrogens is 1. The smallest absolute Gasteiger partial charge is 0.257 e.